The predicted octanol–water partition coefficient (Wildman–Crippen LogP) is 0.602. The maximum atomic E-state index is 12.7. The largest absolute Gasteiger partial charge is 0.480 e. The molecule has 3 rings (SSSR count). The molecule has 23 heavy (non-hydrogen) atoms. The van der Waals surface area contributed by atoms with Gasteiger partial charge in [0, 0.05) is 6.20 Å². The molecule has 8 heteroatoms. The van der Waals surface area contributed by atoms with Gasteiger partial charge in [-0.3, -0.25) is 9.78 Å². The van der Waals surface area contributed by atoms with Crippen molar-refractivity contribution >= 4 is 27.8 Å². The molecule has 0 aromatic carbocycles. The summed E-state index contributed by atoms with van der Waals surface area (Å²) in [5.74, 6) is -1.89. The smallest absolute Gasteiger partial charge is 0.328 e. The molecule has 1 aromatic rings. The number of rotatable bonds is 2. The number of β-lactam (4-membered cyclic amide) rings is 1. The Hall–Kier alpha value is -2.22. The molecular weight excluding hydrogens is 320 g/mol. The van der Waals surface area contributed by atoms with Crippen molar-refractivity contribution in [2.24, 2.45) is 0 Å². The van der Waals surface area contributed by atoms with Crippen molar-refractivity contribution in [1.29, 1.82) is 0 Å². The third kappa shape index (κ3) is 1.94. The normalized spacial score (nSPS) is 29.3. The van der Waals surface area contributed by atoms with Gasteiger partial charge < -0.3 is 10.0 Å². The fourth-order valence-electron chi connectivity index (χ4n) is 3.14. The van der Waals surface area contributed by atoms with E-state index in [1.54, 1.807) is 18.3 Å². The molecule has 2 aliphatic rings. The van der Waals surface area contributed by atoms with E-state index in [2.05, 4.69) is 4.98 Å². The molecule has 0 saturated carbocycles. The molecule has 2 atom stereocenters. The number of carbonyl (C=O) groups excluding carboxylic acids is 1. The van der Waals surface area contributed by atoms with Crippen LogP contribution in [0, 0.1) is 6.92 Å². The number of pyridine rings is 1. The monoisotopic (exact) mass is 336 g/mol. The number of carboxylic acid groups (broad SMARTS) is 1. The number of amides is 1. The Bertz CT molecular complexity index is 856. The molecular formula is C15H16N2O5S. The Kier molecular flexibility index (Phi) is 3.16. The van der Waals surface area contributed by atoms with Crippen molar-refractivity contribution in [3.05, 3.63) is 35.2 Å². The van der Waals surface area contributed by atoms with Crippen LogP contribution in [0.2, 0.25) is 0 Å². The van der Waals surface area contributed by atoms with Gasteiger partial charge in [0.25, 0.3) is 5.91 Å². The number of carboxylic acids is 1. The average Bonchev–Trinajstić information content (AvgIpc) is 2.58. The van der Waals surface area contributed by atoms with Crippen LogP contribution in [0.15, 0.2) is 23.9 Å². The van der Waals surface area contributed by atoms with Crippen molar-refractivity contribution in [2.45, 2.75) is 36.9 Å². The summed E-state index contributed by atoms with van der Waals surface area (Å²) in [4.78, 5) is 28.8. The van der Waals surface area contributed by atoms with E-state index < -0.39 is 37.9 Å². The number of hydrogen-bond donors (Lipinski definition) is 1. The molecule has 0 radical (unpaired) electrons. The van der Waals surface area contributed by atoms with Crippen LogP contribution in [-0.2, 0) is 19.4 Å². The van der Waals surface area contributed by atoms with Crippen molar-refractivity contribution < 1.29 is 23.1 Å². The second kappa shape index (κ2) is 4.64. The number of sulfone groups is 1. The van der Waals surface area contributed by atoms with Crippen LogP contribution >= 0.6 is 0 Å². The first-order valence-corrected chi connectivity index (χ1v) is 8.57. The SMILES string of the molecule is Cc1ccnc(/C=C2/C(=O)N3[C@@H](C(=O)O)C(C)(C)S(=O)(=O)[C@H]23)c1. The number of aliphatic carboxylic acids is 1. The van der Waals surface area contributed by atoms with Gasteiger partial charge in [0.05, 0.1) is 11.3 Å². The van der Waals surface area contributed by atoms with E-state index in [0.717, 1.165) is 10.5 Å². The summed E-state index contributed by atoms with van der Waals surface area (Å²) in [6, 6.07) is 2.13. The lowest BCUT2D eigenvalue weighted by atomic mass is 9.95. The summed E-state index contributed by atoms with van der Waals surface area (Å²) in [6.45, 7) is 4.54. The van der Waals surface area contributed by atoms with Crippen LogP contribution < -0.4 is 0 Å². The predicted molar refractivity (Wildman–Crippen MR) is 82.0 cm³/mol. The highest BCUT2D eigenvalue weighted by Gasteiger charge is 2.70. The second-order valence-electron chi connectivity index (χ2n) is 6.31. The molecule has 7 nitrogen and oxygen atoms in total. The Morgan fingerprint density at radius 3 is 2.65 bits per heavy atom. The van der Waals surface area contributed by atoms with Crippen LogP contribution in [0.4, 0.5) is 0 Å². The highest BCUT2D eigenvalue weighted by molar-refractivity contribution is 7.94. The van der Waals surface area contributed by atoms with Gasteiger partial charge in [0.2, 0.25) is 0 Å². The number of hydrogen-bond acceptors (Lipinski definition) is 5. The average molecular weight is 336 g/mol. The first-order valence-electron chi connectivity index (χ1n) is 7.02. The number of aromatic nitrogens is 1. The first-order chi connectivity index (χ1) is 10.6. The molecule has 1 amide bonds. The molecule has 0 unspecified atom stereocenters. The molecule has 3 heterocycles. The Morgan fingerprint density at radius 2 is 2.09 bits per heavy atom. The Labute approximate surface area is 133 Å². The summed E-state index contributed by atoms with van der Waals surface area (Å²) >= 11 is 0. The second-order valence-corrected chi connectivity index (χ2v) is 8.90. The van der Waals surface area contributed by atoms with E-state index in [4.69, 9.17) is 0 Å². The van der Waals surface area contributed by atoms with Gasteiger partial charge in [0.15, 0.2) is 21.3 Å². The fourth-order valence-corrected chi connectivity index (χ4v) is 5.26. The third-order valence-corrected chi connectivity index (χ3v) is 7.20. The van der Waals surface area contributed by atoms with E-state index in [9.17, 15) is 23.1 Å². The lowest BCUT2D eigenvalue weighted by Crippen LogP contribution is -2.58. The van der Waals surface area contributed by atoms with Gasteiger partial charge in [-0.2, -0.15) is 0 Å². The maximum absolute atomic E-state index is 12.7. The van der Waals surface area contributed by atoms with Gasteiger partial charge in [-0.25, -0.2) is 13.2 Å². The van der Waals surface area contributed by atoms with Crippen molar-refractivity contribution in [1.82, 2.24) is 9.88 Å². The van der Waals surface area contributed by atoms with Crippen molar-refractivity contribution in [3.8, 4) is 0 Å². The van der Waals surface area contributed by atoms with Gasteiger partial charge in [-0.05, 0) is 44.5 Å². The molecule has 0 bridgehead atoms. The zero-order valence-corrected chi connectivity index (χ0v) is 13.7. The topological polar surface area (TPSA) is 105 Å². The van der Waals surface area contributed by atoms with Crippen LogP contribution in [0.1, 0.15) is 25.1 Å². The van der Waals surface area contributed by atoms with Gasteiger partial charge in [0.1, 0.15) is 4.75 Å². The summed E-state index contributed by atoms with van der Waals surface area (Å²) < 4.78 is 23.8. The van der Waals surface area contributed by atoms with Crippen LogP contribution in [0.25, 0.3) is 6.08 Å². The summed E-state index contributed by atoms with van der Waals surface area (Å²) in [5, 5.41) is 8.13. The highest BCUT2D eigenvalue weighted by Crippen LogP contribution is 2.48. The highest BCUT2D eigenvalue weighted by atomic mass is 32.2. The van der Waals surface area contributed by atoms with Crippen molar-refractivity contribution in [3.63, 3.8) is 0 Å². The molecule has 0 spiro atoms. The Balaban J connectivity index is 2.10. The number of aryl methyl sites for hydroxylation is 1. The zero-order chi connectivity index (χ0) is 17.2. The van der Waals surface area contributed by atoms with E-state index in [1.807, 2.05) is 6.92 Å². The first kappa shape index (κ1) is 15.7. The van der Waals surface area contributed by atoms with Gasteiger partial charge in [-0.15, -0.1) is 0 Å². The number of carbonyl (C=O) groups is 2. The van der Waals surface area contributed by atoms with Crippen LogP contribution in [0.3, 0.4) is 0 Å². The lowest BCUT2D eigenvalue weighted by Gasteiger charge is -2.37. The molecule has 2 aliphatic heterocycles. The van der Waals surface area contributed by atoms with Gasteiger partial charge in [-0.1, -0.05) is 0 Å². The molecule has 122 valence electrons. The van der Waals surface area contributed by atoms with Gasteiger partial charge >= 0.3 is 5.97 Å². The van der Waals surface area contributed by atoms with E-state index in [-0.39, 0.29) is 5.57 Å². The van der Waals surface area contributed by atoms with E-state index in [0.29, 0.717) is 5.69 Å². The van der Waals surface area contributed by atoms with E-state index in [1.165, 1.54) is 19.9 Å². The van der Waals surface area contributed by atoms with E-state index >= 15 is 0 Å². The minimum Gasteiger partial charge on any atom is -0.480 e. The fraction of sp³-hybridized carbons (Fsp3) is 0.400. The summed E-state index contributed by atoms with van der Waals surface area (Å²) in [6.07, 6.45) is 2.99. The summed E-state index contributed by atoms with van der Waals surface area (Å²) in [5.41, 5.74) is 1.47. The Morgan fingerprint density at radius 1 is 1.43 bits per heavy atom. The van der Waals surface area contributed by atoms with Crippen molar-refractivity contribution in [2.75, 3.05) is 0 Å². The lowest BCUT2D eigenvalue weighted by molar-refractivity contribution is -0.152. The maximum Gasteiger partial charge on any atom is 0.328 e. The molecule has 0 aliphatic carbocycles. The summed E-state index contributed by atoms with van der Waals surface area (Å²) in [7, 11) is -3.84. The minimum absolute atomic E-state index is 0.0694. The molecule has 1 N–H and O–H groups in total. The number of fused-ring (bicyclic) bond motifs is 1. The zero-order valence-electron chi connectivity index (χ0n) is 12.8. The molecule has 1 aromatic heterocycles. The third-order valence-electron chi connectivity index (χ3n) is 4.44. The molecule has 2 fully saturated rings. The number of nitrogens with zero attached hydrogens (tertiary/aromatic N) is 2. The minimum atomic E-state index is -3.84. The van der Waals surface area contributed by atoms with Crippen LogP contribution in [-0.4, -0.2) is 51.4 Å². The molecule has 2 saturated heterocycles. The van der Waals surface area contributed by atoms with Crippen LogP contribution in [0.5, 0.6) is 0 Å². The standard InChI is InChI=1S/C15H16N2O5S/c1-8-4-5-16-9(6-8)7-10-12(18)17-11(14(19)20)15(2,3)23(21,22)13(10)17/h4-7,11,13H,1-3H3,(H,19,20)/b10-7-/t11-,13+/m0/s1. The quantitative estimate of drug-likeness (QED) is 0.626.